The molecule has 2 aliphatic heterocycles. The number of aryl methyl sites for hydroxylation is 2. The minimum atomic E-state index is -0.995. The van der Waals surface area contributed by atoms with E-state index in [1.165, 1.54) is 49.3 Å². The van der Waals surface area contributed by atoms with Gasteiger partial charge in [0.05, 0.1) is 31.8 Å². The molecule has 7 heteroatoms. The molecule has 0 amide bonds. The van der Waals surface area contributed by atoms with Crippen molar-refractivity contribution in [3.8, 4) is 28.4 Å². The van der Waals surface area contributed by atoms with Crippen molar-refractivity contribution in [2.45, 2.75) is 101 Å². The van der Waals surface area contributed by atoms with Crippen LogP contribution in [-0.4, -0.2) is 50.7 Å². The Kier molecular flexibility index (Phi) is 10.7. The molecule has 2 fully saturated rings. The maximum Gasteiger partial charge on any atom is 0.178 e. The summed E-state index contributed by atoms with van der Waals surface area (Å²) >= 11 is 1.79. The van der Waals surface area contributed by atoms with Crippen molar-refractivity contribution in [2.24, 2.45) is 10.8 Å². The first kappa shape index (κ1) is 43.7. The van der Waals surface area contributed by atoms with Gasteiger partial charge in [0.15, 0.2) is 5.60 Å². The summed E-state index contributed by atoms with van der Waals surface area (Å²) in [5.41, 5.74) is 10.5. The van der Waals surface area contributed by atoms with Crippen LogP contribution in [0.2, 0.25) is 0 Å². The lowest BCUT2D eigenvalue weighted by Gasteiger charge is -2.52. The quantitative estimate of drug-likeness (QED) is 0.155. The van der Waals surface area contributed by atoms with E-state index < -0.39 is 11.2 Å². The molecule has 0 aromatic heterocycles. The Hall–Kier alpha value is -5.21. The molecule has 2 heterocycles. The zero-order chi connectivity index (χ0) is 45.5. The first-order valence-corrected chi connectivity index (χ1v) is 24.2. The fourth-order valence-electron chi connectivity index (χ4n) is 12.3. The fourth-order valence-corrected chi connectivity index (χ4v) is 13.4. The van der Waals surface area contributed by atoms with E-state index in [1.807, 2.05) is 26.0 Å². The molecule has 0 radical (unpaired) electrons. The van der Waals surface area contributed by atoms with Crippen LogP contribution in [0.5, 0.6) is 17.2 Å². The molecular formula is C58H63NO5S. The summed E-state index contributed by atoms with van der Waals surface area (Å²) in [4.78, 5) is 4.73. The van der Waals surface area contributed by atoms with E-state index >= 15 is 0 Å². The third-order valence-corrected chi connectivity index (χ3v) is 15.8. The topological polar surface area (TPSA) is 60.4 Å². The van der Waals surface area contributed by atoms with E-state index in [0.717, 1.165) is 84.0 Å². The Morgan fingerprint density at radius 2 is 1.42 bits per heavy atom. The summed E-state index contributed by atoms with van der Waals surface area (Å²) < 4.78 is 26.3. The molecule has 1 saturated heterocycles. The fraction of sp³-hybridized carbons (Fsp3) is 0.379. The maximum absolute atomic E-state index is 10.1. The van der Waals surface area contributed by atoms with Crippen LogP contribution in [0.15, 0.2) is 119 Å². The predicted octanol–water partition coefficient (Wildman–Crippen LogP) is 13.5. The molecule has 336 valence electrons. The molecule has 1 atom stereocenters. The summed E-state index contributed by atoms with van der Waals surface area (Å²) in [7, 11) is 1.79. The Morgan fingerprint density at radius 3 is 2.06 bits per heavy atom. The van der Waals surface area contributed by atoms with Crippen LogP contribution in [0, 0.1) is 24.7 Å². The van der Waals surface area contributed by atoms with Crippen molar-refractivity contribution >= 4 is 34.3 Å². The van der Waals surface area contributed by atoms with Crippen LogP contribution in [0.3, 0.4) is 0 Å². The molecule has 6 aromatic carbocycles. The Labute approximate surface area is 390 Å². The van der Waals surface area contributed by atoms with E-state index in [4.69, 9.17) is 18.9 Å². The molecule has 1 unspecified atom stereocenters. The van der Waals surface area contributed by atoms with Gasteiger partial charge in [0.1, 0.15) is 22.8 Å². The minimum absolute atomic E-state index is 0.0951. The zero-order valence-corrected chi connectivity index (χ0v) is 40.4. The molecule has 6 aromatic rings. The number of aliphatic hydroxyl groups is 1. The molecule has 1 N–H and O–H groups in total. The van der Waals surface area contributed by atoms with Crippen molar-refractivity contribution in [3.63, 3.8) is 0 Å². The lowest BCUT2D eigenvalue weighted by atomic mass is 9.52. The second kappa shape index (κ2) is 16.0. The zero-order valence-electron chi connectivity index (χ0n) is 39.6. The normalized spacial score (nSPS) is 20.2. The number of hydrogen-bond donors (Lipinski definition) is 1. The number of morpholine rings is 1. The standard InChI is InChI=1S/C58H63NO5S/c1-37-13-12-14-38(2)53(37)65-49-32-45-46(31-48(49)61-9)52-44(51-50(45)43-15-10-11-16-47(43)57(51)34-54(3,4)33-55(5,6)35-57)25-26-58(64-52,40-19-23-42(24-20-40)63-56(7,8)36-60)39-17-21-41(22-18-39)59-27-29-62-30-28-59/h10-26,31-32,60H,27-30,33-36H2,1-9H3. The highest BCUT2D eigenvalue weighted by Crippen LogP contribution is 2.67. The molecular weight excluding hydrogens is 823 g/mol. The second-order valence-electron chi connectivity index (χ2n) is 21.2. The van der Waals surface area contributed by atoms with Gasteiger partial charge in [-0.3, -0.25) is 0 Å². The summed E-state index contributed by atoms with van der Waals surface area (Å²) in [6, 6.07) is 37.6. The van der Waals surface area contributed by atoms with E-state index in [-0.39, 0.29) is 22.9 Å². The second-order valence-corrected chi connectivity index (χ2v) is 22.3. The highest BCUT2D eigenvalue weighted by atomic mass is 32.2. The summed E-state index contributed by atoms with van der Waals surface area (Å²) in [6.07, 6.45) is 7.93. The first-order chi connectivity index (χ1) is 31.1. The summed E-state index contributed by atoms with van der Waals surface area (Å²) in [6.45, 7) is 21.2. The molecule has 10 rings (SSSR count). The van der Waals surface area contributed by atoms with E-state index in [9.17, 15) is 5.11 Å². The molecule has 0 bridgehead atoms. The molecule has 4 aliphatic rings. The van der Waals surface area contributed by atoms with Crippen molar-refractivity contribution in [2.75, 3.05) is 44.9 Å². The van der Waals surface area contributed by atoms with Gasteiger partial charge in [-0.1, -0.05) is 112 Å². The van der Waals surface area contributed by atoms with Crippen LogP contribution >= 0.6 is 11.8 Å². The van der Waals surface area contributed by atoms with E-state index in [1.54, 1.807) is 18.9 Å². The van der Waals surface area contributed by atoms with Crippen molar-refractivity contribution in [1.29, 1.82) is 0 Å². The smallest absolute Gasteiger partial charge is 0.178 e. The van der Waals surface area contributed by atoms with Gasteiger partial charge in [0, 0.05) is 51.2 Å². The van der Waals surface area contributed by atoms with E-state index in [2.05, 4.69) is 150 Å². The number of aliphatic hydroxyl groups excluding tert-OH is 1. The number of hydrogen-bond acceptors (Lipinski definition) is 7. The Balaban J connectivity index is 1.25. The van der Waals surface area contributed by atoms with Gasteiger partial charge in [-0.05, 0) is 139 Å². The third-order valence-electron chi connectivity index (χ3n) is 14.4. The highest BCUT2D eigenvalue weighted by molar-refractivity contribution is 7.99. The highest BCUT2D eigenvalue weighted by Gasteiger charge is 2.55. The first-order valence-electron chi connectivity index (χ1n) is 23.3. The monoisotopic (exact) mass is 885 g/mol. The molecule has 65 heavy (non-hydrogen) atoms. The number of benzene rings is 6. The molecule has 6 nitrogen and oxygen atoms in total. The number of methoxy groups -OCH3 is 1. The third kappa shape index (κ3) is 7.52. The van der Waals surface area contributed by atoms with Crippen LogP contribution in [0.1, 0.15) is 99.7 Å². The minimum Gasteiger partial charge on any atom is -0.496 e. The van der Waals surface area contributed by atoms with Crippen LogP contribution < -0.4 is 19.1 Å². The van der Waals surface area contributed by atoms with Crippen LogP contribution in [-0.2, 0) is 15.8 Å². The lowest BCUT2D eigenvalue weighted by Crippen LogP contribution is -2.44. The van der Waals surface area contributed by atoms with Crippen molar-refractivity contribution in [3.05, 3.63) is 148 Å². The van der Waals surface area contributed by atoms with Gasteiger partial charge in [-0.25, -0.2) is 0 Å². The largest absolute Gasteiger partial charge is 0.496 e. The van der Waals surface area contributed by atoms with Crippen LogP contribution in [0.25, 0.3) is 28.0 Å². The summed E-state index contributed by atoms with van der Waals surface area (Å²) in [5, 5.41) is 12.3. The average Bonchev–Trinajstić information content (AvgIpc) is 3.54. The number of anilines is 1. The number of nitrogens with zero attached hydrogens (tertiary/aromatic N) is 1. The molecule has 2 aliphatic carbocycles. The predicted molar refractivity (Wildman–Crippen MR) is 266 cm³/mol. The Bertz CT molecular complexity index is 2800. The SMILES string of the molecule is COc1cc2c3c(c4c(c2cc1Sc1c(C)cccc1C)-c1ccccc1C41CC(C)(C)CC(C)(C)C1)C=CC(c1ccc(OC(C)(C)CO)cc1)(c1ccc(N2CCOCC2)cc1)O3. The van der Waals surface area contributed by atoms with E-state index in [0.29, 0.717) is 5.75 Å². The summed E-state index contributed by atoms with van der Waals surface area (Å²) in [5.74, 6) is 2.38. The lowest BCUT2D eigenvalue weighted by molar-refractivity contribution is 0.0412. The van der Waals surface area contributed by atoms with Gasteiger partial charge in [-0.2, -0.15) is 0 Å². The van der Waals surface area contributed by atoms with Crippen molar-refractivity contribution < 1.29 is 24.1 Å². The van der Waals surface area contributed by atoms with Gasteiger partial charge in [0.2, 0.25) is 0 Å². The van der Waals surface area contributed by atoms with Gasteiger partial charge >= 0.3 is 0 Å². The molecule has 1 spiro atoms. The Morgan fingerprint density at radius 1 is 0.769 bits per heavy atom. The number of rotatable bonds is 9. The van der Waals surface area contributed by atoms with Crippen molar-refractivity contribution in [1.82, 2.24) is 0 Å². The maximum atomic E-state index is 10.1. The number of ether oxygens (including phenoxy) is 4. The molecule has 1 saturated carbocycles. The van der Waals surface area contributed by atoms with Gasteiger partial charge < -0.3 is 29.0 Å². The van der Waals surface area contributed by atoms with Gasteiger partial charge in [0.25, 0.3) is 0 Å². The number of fused-ring (bicyclic) bond motifs is 10. The average molecular weight is 886 g/mol. The van der Waals surface area contributed by atoms with Crippen LogP contribution in [0.4, 0.5) is 5.69 Å². The van der Waals surface area contributed by atoms with Gasteiger partial charge in [-0.15, -0.1) is 0 Å².